The van der Waals surface area contributed by atoms with Gasteiger partial charge >= 0.3 is 0 Å². The molecule has 0 spiro atoms. The average Bonchev–Trinajstić information content (AvgIpc) is 2.25. The van der Waals surface area contributed by atoms with Crippen molar-refractivity contribution < 1.29 is 19.4 Å². The molecule has 0 heterocycles. The molecule has 0 atom stereocenters. The lowest BCUT2D eigenvalue weighted by atomic mass is 9.93. The number of hydrogen-bond donors (Lipinski definition) is 1. The minimum absolute atomic E-state index is 0.180. The number of aliphatic hydroxyl groups excluding tert-OH is 1. The summed E-state index contributed by atoms with van der Waals surface area (Å²) in [4.78, 5) is 23.1. The Morgan fingerprint density at radius 3 is 2.67 bits per heavy atom. The average molecular weight is 204 g/mol. The van der Waals surface area contributed by atoms with Crippen molar-refractivity contribution in [3.63, 3.8) is 0 Å². The normalized spacial score (nSPS) is 14.6. The number of carbonyl (C=O) groups is 2. The van der Waals surface area contributed by atoms with Crippen LogP contribution in [-0.2, 0) is 0 Å². The molecule has 0 bridgehead atoms. The molecule has 76 valence electrons. The maximum atomic E-state index is 11.6. The fourth-order valence-corrected chi connectivity index (χ4v) is 1.54. The molecule has 0 unspecified atom stereocenters. The van der Waals surface area contributed by atoms with Gasteiger partial charge in [-0.05, 0) is 12.1 Å². The maximum Gasteiger partial charge on any atom is 0.228 e. The van der Waals surface area contributed by atoms with E-state index in [0.29, 0.717) is 5.75 Å². The van der Waals surface area contributed by atoms with Crippen LogP contribution in [0.15, 0.2) is 30.0 Å². The number of methoxy groups -OCH3 is 1. The lowest BCUT2D eigenvalue weighted by Crippen LogP contribution is -2.17. The van der Waals surface area contributed by atoms with Crippen LogP contribution in [0.25, 0.3) is 0 Å². The van der Waals surface area contributed by atoms with Crippen molar-refractivity contribution in [1.82, 2.24) is 0 Å². The monoisotopic (exact) mass is 204 g/mol. The highest BCUT2D eigenvalue weighted by molar-refractivity contribution is 6.24. The van der Waals surface area contributed by atoms with Crippen LogP contribution < -0.4 is 4.74 Å². The van der Waals surface area contributed by atoms with Gasteiger partial charge in [0.15, 0.2) is 11.5 Å². The summed E-state index contributed by atoms with van der Waals surface area (Å²) in [6, 6.07) is 4.68. The van der Waals surface area contributed by atoms with Crippen molar-refractivity contribution in [2.75, 3.05) is 7.11 Å². The highest BCUT2D eigenvalue weighted by Crippen LogP contribution is 2.28. The van der Waals surface area contributed by atoms with Gasteiger partial charge < -0.3 is 9.84 Å². The number of carbonyl (C=O) groups excluding carboxylic acids is 2. The first-order chi connectivity index (χ1) is 7.15. The van der Waals surface area contributed by atoms with Crippen molar-refractivity contribution >= 4 is 11.6 Å². The number of aliphatic hydroxyl groups is 1. The smallest absolute Gasteiger partial charge is 0.228 e. The zero-order valence-electron chi connectivity index (χ0n) is 7.98. The van der Waals surface area contributed by atoms with Gasteiger partial charge in [0.25, 0.3) is 0 Å². The van der Waals surface area contributed by atoms with Crippen LogP contribution in [-0.4, -0.2) is 23.8 Å². The van der Waals surface area contributed by atoms with Gasteiger partial charge in [0, 0.05) is 11.6 Å². The van der Waals surface area contributed by atoms with Gasteiger partial charge in [0.05, 0.1) is 12.7 Å². The molecule has 1 aliphatic rings. The van der Waals surface area contributed by atoms with Crippen LogP contribution in [0.2, 0.25) is 0 Å². The summed E-state index contributed by atoms with van der Waals surface area (Å²) in [5.41, 5.74) is 0.391. The maximum absolute atomic E-state index is 11.6. The Morgan fingerprint density at radius 1 is 1.27 bits per heavy atom. The molecule has 4 heteroatoms. The van der Waals surface area contributed by atoms with E-state index < -0.39 is 17.3 Å². The molecule has 0 radical (unpaired) electrons. The van der Waals surface area contributed by atoms with E-state index in [4.69, 9.17) is 4.74 Å². The number of ether oxygens (including phenoxy) is 1. The molecule has 0 saturated heterocycles. The quantitative estimate of drug-likeness (QED) is 0.753. The lowest BCUT2D eigenvalue weighted by Gasteiger charge is -2.14. The molecule has 15 heavy (non-hydrogen) atoms. The summed E-state index contributed by atoms with van der Waals surface area (Å²) in [6.07, 6.45) is 0.910. The summed E-state index contributed by atoms with van der Waals surface area (Å²) in [6.45, 7) is 0. The molecule has 2 rings (SSSR count). The Morgan fingerprint density at radius 2 is 2.00 bits per heavy atom. The SMILES string of the molecule is COc1cccc2c1C(=O)C=C(O)C2=O. The number of fused-ring (bicyclic) bond motifs is 1. The Kier molecular flexibility index (Phi) is 2.04. The zero-order chi connectivity index (χ0) is 11.0. The van der Waals surface area contributed by atoms with Crippen LogP contribution >= 0.6 is 0 Å². The second-order valence-corrected chi connectivity index (χ2v) is 3.11. The van der Waals surface area contributed by atoms with Gasteiger partial charge in [0.1, 0.15) is 5.75 Å². The van der Waals surface area contributed by atoms with Gasteiger partial charge in [0.2, 0.25) is 5.78 Å². The largest absolute Gasteiger partial charge is 0.504 e. The third kappa shape index (κ3) is 1.30. The number of benzene rings is 1. The van der Waals surface area contributed by atoms with E-state index in [1.807, 2.05) is 0 Å². The topological polar surface area (TPSA) is 63.6 Å². The molecule has 1 aromatic carbocycles. The number of rotatable bonds is 1. The highest BCUT2D eigenvalue weighted by Gasteiger charge is 2.27. The van der Waals surface area contributed by atoms with Gasteiger partial charge in [-0.2, -0.15) is 0 Å². The first kappa shape index (κ1) is 9.45. The van der Waals surface area contributed by atoms with Crippen LogP contribution in [0.5, 0.6) is 5.75 Å². The van der Waals surface area contributed by atoms with Gasteiger partial charge in [-0.15, -0.1) is 0 Å². The van der Waals surface area contributed by atoms with Crippen molar-refractivity contribution in [3.05, 3.63) is 41.2 Å². The number of Topliss-reactive ketones (excluding diaryl/α,β-unsaturated/α-hetero) is 1. The standard InChI is InChI=1S/C11H8O4/c1-15-9-4-2-3-6-10(9)7(12)5-8(13)11(6)14/h2-5,13H,1H3. The van der Waals surface area contributed by atoms with E-state index in [-0.39, 0.29) is 11.1 Å². The molecule has 0 aliphatic heterocycles. The summed E-state index contributed by atoms with van der Waals surface area (Å²) in [5.74, 6) is -1.15. The molecule has 4 nitrogen and oxygen atoms in total. The summed E-state index contributed by atoms with van der Waals surface area (Å²) in [5, 5.41) is 9.21. The molecule has 0 amide bonds. The van der Waals surface area contributed by atoms with E-state index in [1.165, 1.54) is 13.2 Å². The fraction of sp³-hybridized carbons (Fsp3) is 0.0909. The Bertz CT molecular complexity index is 485. The van der Waals surface area contributed by atoms with Crippen LogP contribution in [0.1, 0.15) is 20.7 Å². The van der Waals surface area contributed by atoms with Crippen molar-refractivity contribution in [2.45, 2.75) is 0 Å². The second-order valence-electron chi connectivity index (χ2n) is 3.11. The predicted molar refractivity (Wildman–Crippen MR) is 52.4 cm³/mol. The molecular weight excluding hydrogens is 196 g/mol. The van der Waals surface area contributed by atoms with Gasteiger partial charge in [-0.1, -0.05) is 6.07 Å². The number of ketones is 2. The van der Waals surface area contributed by atoms with Crippen molar-refractivity contribution in [1.29, 1.82) is 0 Å². The van der Waals surface area contributed by atoms with Crippen LogP contribution in [0, 0.1) is 0 Å². The van der Waals surface area contributed by atoms with Gasteiger partial charge in [-0.25, -0.2) is 0 Å². The number of allylic oxidation sites excluding steroid dienone is 2. The third-order valence-corrected chi connectivity index (χ3v) is 2.24. The van der Waals surface area contributed by atoms with Gasteiger partial charge in [-0.3, -0.25) is 9.59 Å². The van der Waals surface area contributed by atoms with Crippen molar-refractivity contribution in [3.8, 4) is 5.75 Å². The lowest BCUT2D eigenvalue weighted by molar-refractivity contribution is 0.0937. The molecular formula is C11H8O4. The minimum atomic E-state index is -0.552. The molecule has 1 aliphatic carbocycles. The first-order valence-corrected chi connectivity index (χ1v) is 4.32. The molecule has 0 fully saturated rings. The van der Waals surface area contributed by atoms with E-state index in [9.17, 15) is 14.7 Å². The predicted octanol–water partition coefficient (Wildman–Crippen LogP) is 1.52. The molecule has 0 saturated carbocycles. The molecule has 1 aromatic rings. The Labute approximate surface area is 85.8 Å². The Balaban J connectivity index is 2.71. The molecule has 1 N–H and O–H groups in total. The minimum Gasteiger partial charge on any atom is -0.504 e. The zero-order valence-corrected chi connectivity index (χ0v) is 7.98. The number of hydrogen-bond acceptors (Lipinski definition) is 4. The molecule has 0 aromatic heterocycles. The summed E-state index contributed by atoms with van der Waals surface area (Å²) < 4.78 is 4.98. The second kappa shape index (κ2) is 3.24. The van der Waals surface area contributed by atoms with E-state index in [0.717, 1.165) is 6.08 Å². The first-order valence-electron chi connectivity index (χ1n) is 4.32. The summed E-state index contributed by atoms with van der Waals surface area (Å²) in [7, 11) is 1.42. The van der Waals surface area contributed by atoms with Crippen LogP contribution in [0.4, 0.5) is 0 Å². The Hall–Kier alpha value is -2.10. The van der Waals surface area contributed by atoms with E-state index >= 15 is 0 Å². The highest BCUT2D eigenvalue weighted by atomic mass is 16.5. The van der Waals surface area contributed by atoms with Crippen LogP contribution in [0.3, 0.4) is 0 Å². The summed E-state index contributed by atoms with van der Waals surface area (Å²) >= 11 is 0. The third-order valence-electron chi connectivity index (χ3n) is 2.24. The fourth-order valence-electron chi connectivity index (χ4n) is 1.54. The van der Waals surface area contributed by atoms with Crippen molar-refractivity contribution in [2.24, 2.45) is 0 Å². The van der Waals surface area contributed by atoms with E-state index in [1.54, 1.807) is 12.1 Å². The van der Waals surface area contributed by atoms with E-state index in [2.05, 4.69) is 0 Å².